The van der Waals surface area contributed by atoms with Gasteiger partial charge >= 0.3 is 0 Å². The van der Waals surface area contributed by atoms with E-state index in [1.54, 1.807) is 7.11 Å². The number of hydrogen-bond acceptors (Lipinski definition) is 5. The number of fused-ring (bicyclic) bond motifs is 1. The van der Waals surface area contributed by atoms with Crippen LogP contribution in [0.2, 0.25) is 0 Å². The Kier molecular flexibility index (Phi) is 5.19. The third-order valence-electron chi connectivity index (χ3n) is 5.25. The van der Waals surface area contributed by atoms with Gasteiger partial charge in [0.15, 0.2) is 11.5 Å². The van der Waals surface area contributed by atoms with Crippen molar-refractivity contribution < 1.29 is 9.15 Å². The van der Waals surface area contributed by atoms with Gasteiger partial charge in [-0.3, -0.25) is 4.90 Å². The maximum absolute atomic E-state index is 8.94. The maximum Gasteiger partial charge on any atom is 0.196 e. The lowest BCUT2D eigenvalue weighted by molar-refractivity contribution is 0.115. The van der Waals surface area contributed by atoms with Crippen molar-refractivity contribution in [1.29, 1.82) is 5.26 Å². The second-order valence-electron chi connectivity index (χ2n) is 7.02. The van der Waals surface area contributed by atoms with Gasteiger partial charge in [-0.1, -0.05) is 18.2 Å². The molecule has 1 fully saturated rings. The summed E-state index contributed by atoms with van der Waals surface area (Å²) in [5.41, 5.74) is 4.50. The number of oxazole rings is 1. The summed E-state index contributed by atoms with van der Waals surface area (Å²) in [5.74, 6) is 0.782. The highest BCUT2D eigenvalue weighted by Crippen LogP contribution is 2.26. The van der Waals surface area contributed by atoms with Gasteiger partial charge in [0.1, 0.15) is 5.52 Å². The molecule has 0 bridgehead atoms. The van der Waals surface area contributed by atoms with E-state index in [-0.39, 0.29) is 0 Å². The molecule has 1 aliphatic rings. The Hall–Kier alpha value is -2.68. The largest absolute Gasteiger partial charge is 0.441 e. The molecule has 138 valence electrons. The third kappa shape index (κ3) is 3.87. The normalized spacial score (nSPS) is 17.4. The molecule has 2 heterocycles. The number of likely N-dealkylation sites (tertiary alicyclic amines) is 1. The first-order chi connectivity index (χ1) is 13.3. The van der Waals surface area contributed by atoms with Crippen LogP contribution in [0.3, 0.4) is 0 Å². The first-order valence-electron chi connectivity index (χ1n) is 9.40. The lowest BCUT2D eigenvalue weighted by Gasteiger charge is -2.22. The van der Waals surface area contributed by atoms with Crippen LogP contribution in [0.5, 0.6) is 0 Å². The Bertz CT molecular complexity index is 956. The molecule has 1 aromatic heterocycles. The molecular formula is C22H23N3O2. The fourth-order valence-corrected chi connectivity index (χ4v) is 3.81. The van der Waals surface area contributed by atoms with E-state index in [2.05, 4.69) is 16.0 Å². The Balaban J connectivity index is 1.48. The second kappa shape index (κ2) is 7.91. The molecule has 1 atom stereocenters. The fourth-order valence-electron chi connectivity index (χ4n) is 3.81. The van der Waals surface area contributed by atoms with E-state index in [1.807, 2.05) is 42.5 Å². The standard InChI is InChI=1S/C22H23N3O2/c1-26-15-19-3-2-11-25(19)12-10-22-24-20-13-18(8-9-21(20)27-22)17-6-4-16(14-23)5-7-17/h4-9,13,19H,2-3,10-12,15H2,1H3. The number of rotatable bonds is 6. The minimum absolute atomic E-state index is 0.516. The minimum atomic E-state index is 0.516. The fraction of sp³-hybridized carbons (Fsp3) is 0.364. The van der Waals surface area contributed by atoms with Crippen molar-refractivity contribution >= 4 is 11.1 Å². The van der Waals surface area contributed by atoms with Crippen LogP contribution in [-0.2, 0) is 11.2 Å². The van der Waals surface area contributed by atoms with Gasteiger partial charge in [-0.15, -0.1) is 0 Å². The molecule has 1 aliphatic heterocycles. The molecule has 2 aromatic carbocycles. The number of hydrogen-bond donors (Lipinski definition) is 0. The van der Waals surface area contributed by atoms with E-state index in [1.165, 1.54) is 12.8 Å². The molecular weight excluding hydrogens is 338 g/mol. The molecule has 0 spiro atoms. The van der Waals surface area contributed by atoms with Gasteiger partial charge in [0.25, 0.3) is 0 Å². The van der Waals surface area contributed by atoms with Crippen molar-refractivity contribution in [2.75, 3.05) is 26.8 Å². The van der Waals surface area contributed by atoms with Crippen LogP contribution in [0.1, 0.15) is 24.3 Å². The highest BCUT2D eigenvalue weighted by atomic mass is 16.5. The lowest BCUT2D eigenvalue weighted by atomic mass is 10.0. The number of aromatic nitrogens is 1. The van der Waals surface area contributed by atoms with Gasteiger partial charge in [-0.2, -0.15) is 5.26 Å². The number of methoxy groups -OCH3 is 1. The molecule has 1 saturated heterocycles. The van der Waals surface area contributed by atoms with Crippen LogP contribution in [0.15, 0.2) is 46.9 Å². The van der Waals surface area contributed by atoms with Crippen LogP contribution in [0, 0.1) is 11.3 Å². The molecule has 0 N–H and O–H groups in total. The summed E-state index contributed by atoms with van der Waals surface area (Å²) < 4.78 is 11.3. The zero-order valence-corrected chi connectivity index (χ0v) is 15.5. The Morgan fingerprint density at radius 3 is 2.81 bits per heavy atom. The SMILES string of the molecule is COCC1CCCN1CCc1nc2cc(-c3ccc(C#N)cc3)ccc2o1. The summed E-state index contributed by atoms with van der Waals surface area (Å²) >= 11 is 0. The molecule has 5 heteroatoms. The summed E-state index contributed by atoms with van der Waals surface area (Å²) in [5, 5.41) is 8.94. The van der Waals surface area contributed by atoms with Gasteiger partial charge in [0, 0.05) is 26.1 Å². The van der Waals surface area contributed by atoms with Crippen LogP contribution >= 0.6 is 0 Å². The number of nitrogens with zero attached hydrogens (tertiary/aromatic N) is 3. The highest BCUT2D eigenvalue weighted by molar-refractivity contribution is 5.80. The van der Waals surface area contributed by atoms with E-state index in [9.17, 15) is 0 Å². The monoisotopic (exact) mass is 361 g/mol. The lowest BCUT2D eigenvalue weighted by Crippen LogP contribution is -2.34. The summed E-state index contributed by atoms with van der Waals surface area (Å²) in [4.78, 5) is 7.16. The molecule has 4 rings (SSSR count). The molecule has 0 aliphatic carbocycles. The highest BCUT2D eigenvalue weighted by Gasteiger charge is 2.24. The molecule has 0 saturated carbocycles. The van der Waals surface area contributed by atoms with Crippen molar-refractivity contribution in [3.63, 3.8) is 0 Å². The Morgan fingerprint density at radius 1 is 1.22 bits per heavy atom. The second-order valence-corrected chi connectivity index (χ2v) is 7.02. The van der Waals surface area contributed by atoms with E-state index >= 15 is 0 Å². The van der Waals surface area contributed by atoms with Gasteiger partial charge in [-0.05, 0) is 54.8 Å². The van der Waals surface area contributed by atoms with Crippen molar-refractivity contribution in [1.82, 2.24) is 9.88 Å². The molecule has 0 radical (unpaired) electrons. The predicted octanol–water partition coefficient (Wildman–Crippen LogP) is 4.02. The average Bonchev–Trinajstić information content (AvgIpc) is 3.32. The third-order valence-corrected chi connectivity index (χ3v) is 5.25. The van der Waals surface area contributed by atoms with Crippen molar-refractivity contribution in [3.05, 3.63) is 53.9 Å². The number of benzene rings is 2. The smallest absolute Gasteiger partial charge is 0.196 e. The maximum atomic E-state index is 8.94. The van der Waals surface area contributed by atoms with E-state index in [0.717, 1.165) is 54.2 Å². The summed E-state index contributed by atoms with van der Waals surface area (Å²) in [6.07, 6.45) is 3.24. The van der Waals surface area contributed by atoms with Crippen LogP contribution in [0.25, 0.3) is 22.2 Å². The van der Waals surface area contributed by atoms with E-state index < -0.39 is 0 Å². The molecule has 27 heavy (non-hydrogen) atoms. The van der Waals surface area contributed by atoms with Gasteiger partial charge in [-0.25, -0.2) is 4.98 Å². The zero-order chi connectivity index (χ0) is 18.6. The first kappa shape index (κ1) is 17.7. The molecule has 0 amide bonds. The van der Waals surface area contributed by atoms with E-state index in [4.69, 9.17) is 14.4 Å². The summed E-state index contributed by atoms with van der Waals surface area (Å²) in [6, 6.07) is 16.3. The first-order valence-corrected chi connectivity index (χ1v) is 9.40. The van der Waals surface area contributed by atoms with Crippen molar-refractivity contribution in [2.24, 2.45) is 0 Å². The van der Waals surface area contributed by atoms with Crippen LogP contribution in [0.4, 0.5) is 0 Å². The molecule has 5 nitrogen and oxygen atoms in total. The van der Waals surface area contributed by atoms with Crippen LogP contribution in [-0.4, -0.2) is 42.7 Å². The topological polar surface area (TPSA) is 62.3 Å². The summed E-state index contributed by atoms with van der Waals surface area (Å²) in [7, 11) is 1.77. The quantitative estimate of drug-likeness (QED) is 0.663. The average molecular weight is 361 g/mol. The molecule has 1 unspecified atom stereocenters. The van der Waals surface area contributed by atoms with Crippen molar-refractivity contribution in [3.8, 4) is 17.2 Å². The van der Waals surface area contributed by atoms with Crippen molar-refractivity contribution in [2.45, 2.75) is 25.3 Å². The predicted molar refractivity (Wildman–Crippen MR) is 104 cm³/mol. The number of nitriles is 1. The van der Waals surface area contributed by atoms with E-state index in [0.29, 0.717) is 11.6 Å². The Labute approximate surface area is 159 Å². The minimum Gasteiger partial charge on any atom is -0.441 e. The van der Waals surface area contributed by atoms with Gasteiger partial charge in [0.2, 0.25) is 0 Å². The van der Waals surface area contributed by atoms with Crippen LogP contribution < -0.4 is 0 Å². The zero-order valence-electron chi connectivity index (χ0n) is 15.5. The van der Waals surface area contributed by atoms with Gasteiger partial charge in [0.05, 0.1) is 18.2 Å². The van der Waals surface area contributed by atoms with Gasteiger partial charge < -0.3 is 9.15 Å². The Morgan fingerprint density at radius 2 is 2.04 bits per heavy atom. The summed E-state index contributed by atoms with van der Waals surface area (Å²) in [6.45, 7) is 2.86. The number of ether oxygens (including phenoxy) is 1. The molecule has 3 aromatic rings.